The quantitative estimate of drug-likeness (QED) is 0.664. The van der Waals surface area contributed by atoms with Gasteiger partial charge in [0.1, 0.15) is 15.7 Å². The van der Waals surface area contributed by atoms with E-state index in [2.05, 4.69) is 23.2 Å². The van der Waals surface area contributed by atoms with Gasteiger partial charge in [0.2, 0.25) is 0 Å². The molecule has 0 bridgehead atoms. The fraction of sp³-hybridized carbons (Fsp3) is 0.143. The fourth-order valence-corrected chi connectivity index (χ4v) is 3.97. The van der Waals surface area contributed by atoms with Gasteiger partial charge in [-0.05, 0) is 29.7 Å². The number of hydrogen-bond donors (Lipinski definition) is 0. The molecule has 2 aromatic carbocycles. The number of thiazole rings is 1. The van der Waals surface area contributed by atoms with Crippen molar-refractivity contribution in [2.24, 2.45) is 0 Å². The second-order valence-electron chi connectivity index (χ2n) is 6.11. The molecule has 3 aromatic rings. The lowest BCUT2D eigenvalue weighted by molar-refractivity contribution is 0.0777. The van der Waals surface area contributed by atoms with E-state index in [0.29, 0.717) is 28.5 Å². The average molecular weight is 364 g/mol. The number of aromatic nitrogens is 1. The molecule has 2 heterocycles. The summed E-state index contributed by atoms with van der Waals surface area (Å²) in [6.45, 7) is 1.25. The first-order valence-electron chi connectivity index (χ1n) is 8.47. The molecule has 1 amide bonds. The van der Waals surface area contributed by atoms with Crippen molar-refractivity contribution in [1.82, 2.24) is 9.88 Å². The summed E-state index contributed by atoms with van der Waals surface area (Å²) in [6, 6.07) is 16.7. The first kappa shape index (κ1) is 16.7. The number of halogens is 1. The SMILES string of the molecule is O=C(c1cnc(-c2ccccc2F)s1)N1CC=C(c2ccccc2)CC1. The van der Waals surface area contributed by atoms with E-state index >= 15 is 0 Å². The Kier molecular flexibility index (Phi) is 4.63. The van der Waals surface area contributed by atoms with Crippen molar-refractivity contribution in [1.29, 1.82) is 0 Å². The lowest BCUT2D eigenvalue weighted by Gasteiger charge is -2.26. The molecular weight excluding hydrogens is 347 g/mol. The summed E-state index contributed by atoms with van der Waals surface area (Å²) in [4.78, 5) is 19.3. The Labute approximate surface area is 155 Å². The molecule has 0 fully saturated rings. The summed E-state index contributed by atoms with van der Waals surface area (Å²) < 4.78 is 13.9. The molecule has 3 nitrogen and oxygen atoms in total. The van der Waals surface area contributed by atoms with Crippen LogP contribution in [0.25, 0.3) is 16.1 Å². The number of carbonyl (C=O) groups is 1. The lowest BCUT2D eigenvalue weighted by atomic mass is 9.99. The summed E-state index contributed by atoms with van der Waals surface area (Å²) in [5.74, 6) is -0.372. The van der Waals surface area contributed by atoms with E-state index in [-0.39, 0.29) is 11.7 Å². The molecular formula is C21H17FN2OS. The van der Waals surface area contributed by atoms with Gasteiger partial charge in [0.05, 0.1) is 6.20 Å². The summed E-state index contributed by atoms with van der Waals surface area (Å²) in [7, 11) is 0. The number of nitrogens with zero attached hydrogens (tertiary/aromatic N) is 2. The molecule has 1 aliphatic heterocycles. The van der Waals surface area contributed by atoms with Gasteiger partial charge in [-0.1, -0.05) is 48.5 Å². The van der Waals surface area contributed by atoms with Gasteiger partial charge in [-0.25, -0.2) is 9.37 Å². The van der Waals surface area contributed by atoms with Crippen molar-refractivity contribution in [3.05, 3.63) is 83.1 Å². The fourth-order valence-electron chi connectivity index (χ4n) is 3.06. The third-order valence-electron chi connectivity index (χ3n) is 4.46. The standard InChI is InChI=1S/C21H17FN2OS/c22-18-9-5-4-8-17(18)20-23-14-19(26-20)21(25)24-12-10-16(11-13-24)15-6-2-1-3-7-15/h1-10,14H,11-13H2. The minimum atomic E-state index is -0.325. The van der Waals surface area contributed by atoms with Gasteiger partial charge >= 0.3 is 0 Å². The third-order valence-corrected chi connectivity index (χ3v) is 5.48. The van der Waals surface area contributed by atoms with Gasteiger partial charge in [-0.2, -0.15) is 0 Å². The van der Waals surface area contributed by atoms with Crippen LogP contribution in [0.2, 0.25) is 0 Å². The lowest BCUT2D eigenvalue weighted by Crippen LogP contribution is -2.34. The molecule has 4 rings (SSSR count). The smallest absolute Gasteiger partial charge is 0.265 e. The van der Waals surface area contributed by atoms with Crippen LogP contribution in [0.5, 0.6) is 0 Å². The monoisotopic (exact) mass is 364 g/mol. The molecule has 26 heavy (non-hydrogen) atoms. The average Bonchev–Trinajstić information content (AvgIpc) is 3.18. The summed E-state index contributed by atoms with van der Waals surface area (Å²) in [5, 5.41) is 0.531. The van der Waals surface area contributed by atoms with Crippen LogP contribution < -0.4 is 0 Å². The molecule has 0 aliphatic carbocycles. The summed E-state index contributed by atoms with van der Waals surface area (Å²) in [6.07, 6.45) is 4.48. The maximum atomic E-state index is 13.9. The predicted octanol–water partition coefficient (Wildman–Crippen LogP) is 4.88. The second-order valence-corrected chi connectivity index (χ2v) is 7.14. The Bertz CT molecular complexity index is 965. The van der Waals surface area contributed by atoms with Gasteiger partial charge in [0.15, 0.2) is 0 Å². The molecule has 5 heteroatoms. The number of amides is 1. The first-order chi connectivity index (χ1) is 12.7. The molecule has 0 spiro atoms. The summed E-state index contributed by atoms with van der Waals surface area (Å²) in [5.41, 5.74) is 2.91. The van der Waals surface area contributed by atoms with E-state index in [0.717, 1.165) is 6.42 Å². The van der Waals surface area contributed by atoms with Crippen molar-refractivity contribution in [2.45, 2.75) is 6.42 Å². The molecule has 0 saturated heterocycles. The minimum absolute atomic E-state index is 0.0477. The number of carbonyl (C=O) groups excluding carboxylic acids is 1. The van der Waals surface area contributed by atoms with Crippen LogP contribution in [0.3, 0.4) is 0 Å². The Morgan fingerprint density at radius 2 is 1.85 bits per heavy atom. The van der Waals surface area contributed by atoms with Gasteiger partial charge < -0.3 is 4.90 Å². The van der Waals surface area contributed by atoms with Crippen LogP contribution >= 0.6 is 11.3 Å². The number of rotatable bonds is 3. The summed E-state index contributed by atoms with van der Waals surface area (Å²) >= 11 is 1.24. The van der Waals surface area contributed by atoms with Crippen molar-refractivity contribution in [2.75, 3.05) is 13.1 Å². The number of hydrogen-bond acceptors (Lipinski definition) is 3. The van der Waals surface area contributed by atoms with Crippen molar-refractivity contribution in [3.63, 3.8) is 0 Å². The Morgan fingerprint density at radius 1 is 1.08 bits per heavy atom. The van der Waals surface area contributed by atoms with E-state index in [1.807, 2.05) is 23.1 Å². The van der Waals surface area contributed by atoms with Gasteiger partial charge in [0, 0.05) is 18.7 Å². The molecule has 0 saturated carbocycles. The molecule has 0 unspecified atom stereocenters. The van der Waals surface area contributed by atoms with Crippen LogP contribution in [0.1, 0.15) is 21.7 Å². The van der Waals surface area contributed by atoms with Gasteiger partial charge in [-0.3, -0.25) is 4.79 Å². The Hall–Kier alpha value is -2.79. The van der Waals surface area contributed by atoms with Crippen LogP contribution in [0, 0.1) is 5.82 Å². The van der Waals surface area contributed by atoms with Crippen LogP contribution in [-0.4, -0.2) is 28.9 Å². The molecule has 130 valence electrons. The normalized spacial score (nSPS) is 14.2. The second kappa shape index (κ2) is 7.22. The molecule has 0 radical (unpaired) electrons. The molecule has 0 N–H and O–H groups in total. The Morgan fingerprint density at radius 3 is 2.58 bits per heavy atom. The minimum Gasteiger partial charge on any atom is -0.334 e. The zero-order valence-electron chi connectivity index (χ0n) is 14.1. The molecule has 1 aromatic heterocycles. The van der Waals surface area contributed by atoms with Crippen molar-refractivity contribution < 1.29 is 9.18 Å². The van der Waals surface area contributed by atoms with E-state index in [9.17, 15) is 9.18 Å². The molecule has 0 atom stereocenters. The first-order valence-corrected chi connectivity index (χ1v) is 9.28. The van der Waals surface area contributed by atoms with E-state index < -0.39 is 0 Å². The van der Waals surface area contributed by atoms with E-state index in [1.165, 1.54) is 28.5 Å². The van der Waals surface area contributed by atoms with E-state index in [1.54, 1.807) is 24.4 Å². The highest BCUT2D eigenvalue weighted by Crippen LogP contribution is 2.29. The van der Waals surface area contributed by atoms with Crippen LogP contribution in [0.15, 0.2) is 66.9 Å². The zero-order chi connectivity index (χ0) is 17.9. The van der Waals surface area contributed by atoms with Gasteiger partial charge in [-0.15, -0.1) is 11.3 Å². The largest absolute Gasteiger partial charge is 0.334 e. The van der Waals surface area contributed by atoms with Crippen LogP contribution in [0.4, 0.5) is 4.39 Å². The zero-order valence-corrected chi connectivity index (χ0v) is 14.9. The van der Waals surface area contributed by atoms with Crippen molar-refractivity contribution >= 4 is 22.8 Å². The maximum Gasteiger partial charge on any atom is 0.265 e. The third kappa shape index (κ3) is 3.30. The molecule has 1 aliphatic rings. The van der Waals surface area contributed by atoms with Crippen molar-refractivity contribution in [3.8, 4) is 10.6 Å². The Balaban J connectivity index is 1.50. The predicted molar refractivity (Wildman–Crippen MR) is 102 cm³/mol. The highest BCUT2D eigenvalue weighted by atomic mass is 32.1. The highest BCUT2D eigenvalue weighted by Gasteiger charge is 2.22. The highest BCUT2D eigenvalue weighted by molar-refractivity contribution is 7.16. The topological polar surface area (TPSA) is 33.2 Å². The van der Waals surface area contributed by atoms with E-state index in [4.69, 9.17) is 0 Å². The number of benzene rings is 2. The van der Waals surface area contributed by atoms with Crippen LogP contribution in [-0.2, 0) is 0 Å². The van der Waals surface area contributed by atoms with Gasteiger partial charge in [0.25, 0.3) is 5.91 Å². The maximum absolute atomic E-state index is 13.9.